The fourth-order valence-corrected chi connectivity index (χ4v) is 4.51. The summed E-state index contributed by atoms with van der Waals surface area (Å²) >= 11 is 0. The van der Waals surface area contributed by atoms with Gasteiger partial charge in [-0.05, 0) is 54.5 Å². The monoisotopic (exact) mass is 415 g/mol. The Morgan fingerprint density at radius 1 is 1.03 bits per heavy atom. The van der Waals surface area contributed by atoms with E-state index in [2.05, 4.69) is 5.32 Å². The highest BCUT2D eigenvalue weighted by molar-refractivity contribution is 7.89. The lowest BCUT2D eigenvalue weighted by atomic mass is 10.1. The van der Waals surface area contributed by atoms with Gasteiger partial charge in [0.1, 0.15) is 0 Å². The van der Waals surface area contributed by atoms with E-state index in [9.17, 15) is 13.2 Å². The molecule has 2 aromatic rings. The predicted molar refractivity (Wildman–Crippen MR) is 120 cm³/mol. The molecular formula is C22H29N3O3S. The standard InChI is InChI=1S/C22H29N3O3S/c1-6-25(7-2)29(27,28)20-12-8-18(9-13-20)10-15-22(26)23-19-11-14-21(24(4)5)17(3)16-19/h8-16H,6-7H2,1-5H3,(H,23,26)/b15-10+. The Morgan fingerprint density at radius 3 is 2.17 bits per heavy atom. The maximum atomic E-state index is 12.5. The number of amides is 1. The Labute approximate surface area is 173 Å². The van der Waals surface area contributed by atoms with Crippen LogP contribution in [0.1, 0.15) is 25.0 Å². The fourth-order valence-electron chi connectivity index (χ4n) is 3.05. The average molecular weight is 416 g/mol. The third-order valence-electron chi connectivity index (χ3n) is 4.60. The van der Waals surface area contributed by atoms with E-state index in [1.807, 2.05) is 58.0 Å². The van der Waals surface area contributed by atoms with Gasteiger partial charge >= 0.3 is 0 Å². The Hall–Kier alpha value is -2.64. The molecule has 0 spiro atoms. The van der Waals surface area contributed by atoms with Crippen molar-refractivity contribution < 1.29 is 13.2 Å². The summed E-state index contributed by atoms with van der Waals surface area (Å²) < 4.78 is 26.4. The van der Waals surface area contributed by atoms with E-state index < -0.39 is 10.0 Å². The van der Waals surface area contributed by atoms with Crippen molar-refractivity contribution in [2.45, 2.75) is 25.7 Å². The smallest absolute Gasteiger partial charge is 0.248 e. The molecule has 0 aliphatic carbocycles. The number of aryl methyl sites for hydroxylation is 1. The van der Waals surface area contributed by atoms with E-state index in [1.54, 1.807) is 30.3 Å². The number of carbonyl (C=O) groups excluding carboxylic acids is 1. The van der Waals surface area contributed by atoms with Gasteiger partial charge < -0.3 is 10.2 Å². The summed E-state index contributed by atoms with van der Waals surface area (Å²) in [5.74, 6) is -0.248. The highest BCUT2D eigenvalue weighted by atomic mass is 32.2. The van der Waals surface area contributed by atoms with Crippen molar-refractivity contribution in [1.82, 2.24) is 4.31 Å². The SMILES string of the molecule is CCN(CC)S(=O)(=O)c1ccc(/C=C/C(=O)Nc2ccc(N(C)C)c(C)c2)cc1. The molecule has 0 aliphatic rings. The fraction of sp³-hybridized carbons (Fsp3) is 0.318. The maximum absolute atomic E-state index is 12.5. The second-order valence-corrected chi connectivity index (χ2v) is 8.81. The van der Waals surface area contributed by atoms with E-state index in [0.717, 1.165) is 22.5 Å². The highest BCUT2D eigenvalue weighted by Gasteiger charge is 2.20. The largest absolute Gasteiger partial charge is 0.377 e. The van der Waals surface area contributed by atoms with Crippen LogP contribution in [0.5, 0.6) is 0 Å². The zero-order valence-corrected chi connectivity index (χ0v) is 18.5. The average Bonchev–Trinajstić information content (AvgIpc) is 2.67. The summed E-state index contributed by atoms with van der Waals surface area (Å²) in [5.41, 5.74) is 3.64. The Bertz CT molecular complexity index is 977. The normalized spacial score (nSPS) is 11.8. The molecule has 0 bridgehead atoms. The van der Waals surface area contributed by atoms with Crippen LogP contribution in [-0.2, 0) is 14.8 Å². The molecule has 156 valence electrons. The number of nitrogens with zero attached hydrogens (tertiary/aromatic N) is 2. The Morgan fingerprint density at radius 2 is 1.66 bits per heavy atom. The summed E-state index contributed by atoms with van der Waals surface area (Å²) in [4.78, 5) is 14.5. The van der Waals surface area contributed by atoms with Gasteiger partial charge in [-0.1, -0.05) is 26.0 Å². The van der Waals surface area contributed by atoms with Gasteiger partial charge in [0, 0.05) is 44.6 Å². The van der Waals surface area contributed by atoms with E-state index in [1.165, 1.54) is 10.4 Å². The van der Waals surface area contributed by atoms with Gasteiger partial charge in [0.15, 0.2) is 0 Å². The lowest BCUT2D eigenvalue weighted by Gasteiger charge is -2.18. The van der Waals surface area contributed by atoms with Crippen LogP contribution < -0.4 is 10.2 Å². The van der Waals surface area contributed by atoms with E-state index in [-0.39, 0.29) is 10.8 Å². The summed E-state index contributed by atoms with van der Waals surface area (Å²) in [5, 5.41) is 2.84. The molecular weight excluding hydrogens is 386 g/mol. The van der Waals surface area contributed by atoms with Crippen molar-refractivity contribution in [3.05, 3.63) is 59.7 Å². The van der Waals surface area contributed by atoms with Crippen LogP contribution in [0.25, 0.3) is 6.08 Å². The maximum Gasteiger partial charge on any atom is 0.248 e. The Kier molecular flexibility index (Phi) is 7.59. The first kappa shape index (κ1) is 22.6. The molecule has 0 aromatic heterocycles. The minimum absolute atomic E-state index is 0.248. The number of sulfonamides is 1. The molecule has 0 saturated carbocycles. The third kappa shape index (κ3) is 5.68. The first-order valence-corrected chi connectivity index (χ1v) is 11.0. The van der Waals surface area contributed by atoms with E-state index >= 15 is 0 Å². The molecule has 0 fully saturated rings. The van der Waals surface area contributed by atoms with Gasteiger partial charge in [-0.25, -0.2) is 8.42 Å². The molecule has 1 amide bonds. The van der Waals surface area contributed by atoms with Gasteiger partial charge in [0.25, 0.3) is 0 Å². The van der Waals surface area contributed by atoms with Crippen molar-refractivity contribution in [1.29, 1.82) is 0 Å². The van der Waals surface area contributed by atoms with Gasteiger partial charge in [-0.2, -0.15) is 4.31 Å². The number of carbonyl (C=O) groups is 1. The molecule has 0 saturated heterocycles. The van der Waals surface area contributed by atoms with Crippen LogP contribution in [0.4, 0.5) is 11.4 Å². The van der Waals surface area contributed by atoms with Crippen molar-refractivity contribution in [2.75, 3.05) is 37.4 Å². The molecule has 2 aromatic carbocycles. The van der Waals surface area contributed by atoms with Crippen molar-refractivity contribution >= 4 is 33.4 Å². The van der Waals surface area contributed by atoms with E-state index in [0.29, 0.717) is 13.1 Å². The zero-order valence-electron chi connectivity index (χ0n) is 17.6. The van der Waals surface area contributed by atoms with Crippen LogP contribution in [0.15, 0.2) is 53.4 Å². The van der Waals surface area contributed by atoms with Crippen LogP contribution in [0.2, 0.25) is 0 Å². The molecule has 0 unspecified atom stereocenters. The molecule has 6 nitrogen and oxygen atoms in total. The van der Waals surface area contributed by atoms with Crippen LogP contribution >= 0.6 is 0 Å². The summed E-state index contributed by atoms with van der Waals surface area (Å²) in [6.07, 6.45) is 3.09. The highest BCUT2D eigenvalue weighted by Crippen LogP contribution is 2.22. The van der Waals surface area contributed by atoms with Gasteiger partial charge in [0.2, 0.25) is 15.9 Å². The second kappa shape index (κ2) is 9.71. The zero-order chi connectivity index (χ0) is 21.6. The van der Waals surface area contributed by atoms with Crippen molar-refractivity contribution in [2.24, 2.45) is 0 Å². The van der Waals surface area contributed by atoms with Gasteiger partial charge in [0.05, 0.1) is 4.90 Å². The third-order valence-corrected chi connectivity index (χ3v) is 6.66. The van der Waals surface area contributed by atoms with Crippen molar-refractivity contribution in [3.63, 3.8) is 0 Å². The lowest BCUT2D eigenvalue weighted by molar-refractivity contribution is -0.111. The molecule has 1 N–H and O–H groups in total. The minimum Gasteiger partial charge on any atom is -0.377 e. The van der Waals surface area contributed by atoms with Crippen molar-refractivity contribution in [3.8, 4) is 0 Å². The molecule has 0 radical (unpaired) electrons. The number of hydrogen-bond donors (Lipinski definition) is 1. The van der Waals surface area contributed by atoms with Gasteiger partial charge in [-0.15, -0.1) is 0 Å². The summed E-state index contributed by atoms with van der Waals surface area (Å²) in [7, 11) is 0.471. The summed E-state index contributed by atoms with van der Waals surface area (Å²) in [6.45, 7) is 6.47. The van der Waals surface area contributed by atoms with Crippen LogP contribution in [0.3, 0.4) is 0 Å². The second-order valence-electron chi connectivity index (χ2n) is 6.88. The molecule has 0 heterocycles. The number of anilines is 2. The minimum atomic E-state index is -3.48. The Balaban J connectivity index is 2.06. The molecule has 2 rings (SSSR count). The van der Waals surface area contributed by atoms with Crippen LogP contribution in [-0.4, -0.2) is 45.8 Å². The summed E-state index contributed by atoms with van der Waals surface area (Å²) in [6, 6.07) is 12.3. The molecule has 0 aliphatic heterocycles. The first-order valence-electron chi connectivity index (χ1n) is 9.56. The molecule has 7 heteroatoms. The van der Waals surface area contributed by atoms with Crippen LogP contribution in [0, 0.1) is 6.92 Å². The number of nitrogens with one attached hydrogen (secondary N) is 1. The number of benzene rings is 2. The first-order chi connectivity index (χ1) is 13.7. The molecule has 29 heavy (non-hydrogen) atoms. The lowest BCUT2D eigenvalue weighted by Crippen LogP contribution is -2.30. The van der Waals surface area contributed by atoms with E-state index in [4.69, 9.17) is 0 Å². The molecule has 0 atom stereocenters. The topological polar surface area (TPSA) is 69.7 Å². The predicted octanol–water partition coefficient (Wildman–Crippen LogP) is 3.74. The number of rotatable bonds is 8. The number of hydrogen-bond acceptors (Lipinski definition) is 4. The van der Waals surface area contributed by atoms with Gasteiger partial charge in [-0.3, -0.25) is 4.79 Å². The quantitative estimate of drug-likeness (QED) is 0.667.